The van der Waals surface area contributed by atoms with Crippen molar-refractivity contribution in [2.45, 2.75) is 52.5 Å². The highest BCUT2D eigenvalue weighted by Crippen LogP contribution is 2.30. The lowest BCUT2D eigenvalue weighted by Crippen LogP contribution is -2.35. The number of nitrogens with zero attached hydrogens (tertiary/aromatic N) is 1. The fourth-order valence-electron chi connectivity index (χ4n) is 3.17. The van der Waals surface area contributed by atoms with Crippen molar-refractivity contribution < 1.29 is 0 Å². The first-order chi connectivity index (χ1) is 9.30. The first-order valence-corrected chi connectivity index (χ1v) is 7.89. The third-order valence-electron chi connectivity index (χ3n) is 4.24. The van der Waals surface area contributed by atoms with E-state index in [1.807, 2.05) is 0 Å². The molecule has 0 aromatic heterocycles. The third kappa shape index (κ3) is 5.05. The molecule has 1 aromatic rings. The van der Waals surface area contributed by atoms with Crippen molar-refractivity contribution in [1.29, 1.82) is 0 Å². The van der Waals surface area contributed by atoms with E-state index in [-0.39, 0.29) is 24.8 Å². The average Bonchev–Trinajstić information content (AvgIpc) is 2.46. The summed E-state index contributed by atoms with van der Waals surface area (Å²) in [4.78, 5) is 2.48. The highest BCUT2D eigenvalue weighted by molar-refractivity contribution is 5.85. The number of hydrogen-bond donors (Lipinski definition) is 1. The second kappa shape index (κ2) is 10.3. The van der Waals surface area contributed by atoms with Crippen LogP contribution in [0.15, 0.2) is 18.2 Å². The topological polar surface area (TPSA) is 15.3 Å². The zero-order chi connectivity index (χ0) is 13.7. The molecule has 21 heavy (non-hydrogen) atoms. The van der Waals surface area contributed by atoms with Crippen LogP contribution in [0.2, 0.25) is 0 Å². The van der Waals surface area contributed by atoms with Crippen LogP contribution >= 0.6 is 24.8 Å². The molecular weight excluding hydrogens is 303 g/mol. The minimum Gasteiger partial charge on any atom is -0.372 e. The van der Waals surface area contributed by atoms with Gasteiger partial charge >= 0.3 is 0 Å². The molecular formula is C17H30Cl2N2. The summed E-state index contributed by atoms with van der Waals surface area (Å²) >= 11 is 0. The zero-order valence-corrected chi connectivity index (χ0v) is 15.2. The Morgan fingerprint density at radius 2 is 1.86 bits per heavy atom. The average molecular weight is 333 g/mol. The molecule has 1 aliphatic carbocycles. The SMILES string of the molecule is CCCNC1CCc2c(cccc2N(CC)CC)C1.Cl.Cl. The molecule has 1 aliphatic rings. The maximum atomic E-state index is 3.68. The summed E-state index contributed by atoms with van der Waals surface area (Å²) in [6, 6.07) is 7.53. The van der Waals surface area contributed by atoms with E-state index in [2.05, 4.69) is 49.2 Å². The largest absolute Gasteiger partial charge is 0.372 e. The van der Waals surface area contributed by atoms with Gasteiger partial charge in [-0.25, -0.2) is 0 Å². The molecule has 0 aliphatic heterocycles. The van der Waals surface area contributed by atoms with Crippen LogP contribution in [0.5, 0.6) is 0 Å². The molecule has 0 fully saturated rings. The Bertz CT molecular complexity index is 406. The number of hydrogen-bond acceptors (Lipinski definition) is 2. The van der Waals surface area contributed by atoms with Gasteiger partial charge in [-0.15, -0.1) is 24.8 Å². The normalized spacial score (nSPS) is 16.4. The Morgan fingerprint density at radius 3 is 2.48 bits per heavy atom. The van der Waals surface area contributed by atoms with E-state index < -0.39 is 0 Å². The summed E-state index contributed by atoms with van der Waals surface area (Å²) in [6.45, 7) is 10.1. The van der Waals surface area contributed by atoms with Gasteiger partial charge in [-0.1, -0.05) is 19.1 Å². The van der Waals surface area contributed by atoms with Gasteiger partial charge in [-0.3, -0.25) is 0 Å². The van der Waals surface area contributed by atoms with Crippen molar-refractivity contribution in [3.8, 4) is 0 Å². The minimum atomic E-state index is 0. The maximum Gasteiger partial charge on any atom is 0.0401 e. The molecule has 0 saturated carbocycles. The highest BCUT2D eigenvalue weighted by atomic mass is 35.5. The van der Waals surface area contributed by atoms with Gasteiger partial charge in [-0.05, 0) is 63.3 Å². The first kappa shape index (κ1) is 20.6. The molecule has 0 heterocycles. The molecule has 0 spiro atoms. The maximum absolute atomic E-state index is 3.68. The molecule has 0 radical (unpaired) electrons. The van der Waals surface area contributed by atoms with Crippen LogP contribution in [0.25, 0.3) is 0 Å². The van der Waals surface area contributed by atoms with E-state index in [1.54, 1.807) is 11.1 Å². The smallest absolute Gasteiger partial charge is 0.0401 e. The van der Waals surface area contributed by atoms with Gasteiger partial charge in [0.2, 0.25) is 0 Å². The summed E-state index contributed by atoms with van der Waals surface area (Å²) in [7, 11) is 0. The fourth-order valence-corrected chi connectivity index (χ4v) is 3.17. The van der Waals surface area contributed by atoms with Crippen LogP contribution in [-0.4, -0.2) is 25.7 Å². The van der Waals surface area contributed by atoms with Crippen LogP contribution < -0.4 is 10.2 Å². The first-order valence-electron chi connectivity index (χ1n) is 7.89. The van der Waals surface area contributed by atoms with Crippen LogP contribution in [0.1, 0.15) is 44.7 Å². The fraction of sp³-hybridized carbons (Fsp3) is 0.647. The standard InChI is InChI=1S/C17H28N2.2ClH/c1-4-12-18-15-10-11-16-14(13-15)8-7-9-17(16)19(5-2)6-3;;/h7-9,15,18H,4-6,10-13H2,1-3H3;2*1H. The predicted molar refractivity (Wildman–Crippen MR) is 98.6 cm³/mol. The second-order valence-corrected chi connectivity index (χ2v) is 5.48. The van der Waals surface area contributed by atoms with Gasteiger partial charge in [0.25, 0.3) is 0 Å². The predicted octanol–water partition coefficient (Wildman–Crippen LogP) is 4.23. The van der Waals surface area contributed by atoms with E-state index in [0.717, 1.165) is 19.6 Å². The Balaban J connectivity index is 0.00000200. The van der Waals surface area contributed by atoms with Crippen molar-refractivity contribution in [1.82, 2.24) is 5.32 Å². The van der Waals surface area contributed by atoms with Gasteiger partial charge in [0.15, 0.2) is 0 Å². The van der Waals surface area contributed by atoms with Crippen LogP contribution in [-0.2, 0) is 12.8 Å². The molecule has 4 heteroatoms. The number of rotatable bonds is 6. The molecule has 1 aromatic carbocycles. The summed E-state index contributed by atoms with van der Waals surface area (Å²) in [5.74, 6) is 0. The molecule has 0 amide bonds. The van der Waals surface area contributed by atoms with Gasteiger partial charge in [0.05, 0.1) is 0 Å². The molecule has 0 bridgehead atoms. The molecule has 2 rings (SSSR count). The number of nitrogens with one attached hydrogen (secondary N) is 1. The molecule has 0 saturated heterocycles. The summed E-state index contributed by atoms with van der Waals surface area (Å²) in [5.41, 5.74) is 4.63. The van der Waals surface area contributed by atoms with Crippen molar-refractivity contribution in [2.75, 3.05) is 24.5 Å². The van der Waals surface area contributed by atoms with Gasteiger partial charge in [-0.2, -0.15) is 0 Å². The number of anilines is 1. The molecule has 1 N–H and O–H groups in total. The van der Waals surface area contributed by atoms with Gasteiger partial charge in [0, 0.05) is 24.8 Å². The Morgan fingerprint density at radius 1 is 1.14 bits per heavy atom. The number of fused-ring (bicyclic) bond motifs is 1. The van der Waals surface area contributed by atoms with Crippen LogP contribution in [0.3, 0.4) is 0 Å². The van der Waals surface area contributed by atoms with E-state index >= 15 is 0 Å². The lowest BCUT2D eigenvalue weighted by molar-refractivity contribution is 0.459. The Kier molecular flexibility index (Phi) is 10.1. The monoisotopic (exact) mass is 332 g/mol. The highest BCUT2D eigenvalue weighted by Gasteiger charge is 2.21. The lowest BCUT2D eigenvalue weighted by Gasteiger charge is -2.31. The van der Waals surface area contributed by atoms with E-state index in [4.69, 9.17) is 0 Å². The lowest BCUT2D eigenvalue weighted by atomic mass is 9.86. The minimum absolute atomic E-state index is 0. The van der Waals surface area contributed by atoms with E-state index in [0.29, 0.717) is 6.04 Å². The molecule has 1 atom stereocenters. The molecule has 1 unspecified atom stereocenters. The van der Waals surface area contributed by atoms with Crippen molar-refractivity contribution in [2.24, 2.45) is 0 Å². The quantitative estimate of drug-likeness (QED) is 0.838. The Hall–Kier alpha value is -0.440. The molecule has 2 nitrogen and oxygen atoms in total. The summed E-state index contributed by atoms with van der Waals surface area (Å²) in [6.07, 6.45) is 4.93. The second-order valence-electron chi connectivity index (χ2n) is 5.48. The summed E-state index contributed by atoms with van der Waals surface area (Å²) < 4.78 is 0. The number of halogens is 2. The van der Waals surface area contributed by atoms with Crippen LogP contribution in [0.4, 0.5) is 5.69 Å². The third-order valence-corrected chi connectivity index (χ3v) is 4.24. The van der Waals surface area contributed by atoms with E-state index in [1.165, 1.54) is 31.4 Å². The van der Waals surface area contributed by atoms with Crippen molar-refractivity contribution >= 4 is 30.5 Å². The van der Waals surface area contributed by atoms with Gasteiger partial charge in [0.1, 0.15) is 0 Å². The van der Waals surface area contributed by atoms with Crippen LogP contribution in [0, 0.1) is 0 Å². The molecule has 122 valence electrons. The van der Waals surface area contributed by atoms with E-state index in [9.17, 15) is 0 Å². The zero-order valence-electron chi connectivity index (χ0n) is 13.5. The van der Waals surface area contributed by atoms with Crippen molar-refractivity contribution in [3.05, 3.63) is 29.3 Å². The van der Waals surface area contributed by atoms with Crippen molar-refractivity contribution in [3.63, 3.8) is 0 Å². The Labute approximate surface area is 142 Å². The van der Waals surface area contributed by atoms with Gasteiger partial charge < -0.3 is 10.2 Å². The summed E-state index contributed by atoms with van der Waals surface area (Å²) in [5, 5.41) is 3.68. The number of benzene rings is 1.